The highest BCUT2D eigenvalue weighted by atomic mass is 14.2. The molecule has 138 valence electrons. The second-order valence-electron chi connectivity index (χ2n) is 8.38. The Morgan fingerprint density at radius 3 is 1.92 bits per heavy atom. The molecule has 0 fully saturated rings. The average molecular weight is 339 g/mol. The SMILES string of the molecule is CC(C)C.Cc1ccc(C)c([C@H](CCCC(C)C)c2ccccc2)c1. The van der Waals surface area contributed by atoms with Crippen LogP contribution in [0.3, 0.4) is 0 Å². The Kier molecular flexibility index (Phi) is 9.57. The number of hydrogen-bond acceptors (Lipinski definition) is 0. The maximum Gasteiger partial charge on any atom is 0.00920 e. The summed E-state index contributed by atoms with van der Waals surface area (Å²) in [6, 6.07) is 17.9. The van der Waals surface area contributed by atoms with Crippen molar-refractivity contribution in [3.05, 3.63) is 70.8 Å². The van der Waals surface area contributed by atoms with Gasteiger partial charge in [-0.2, -0.15) is 0 Å². The van der Waals surface area contributed by atoms with Gasteiger partial charge in [0.15, 0.2) is 0 Å². The van der Waals surface area contributed by atoms with Crippen molar-refractivity contribution < 1.29 is 0 Å². The van der Waals surface area contributed by atoms with Crippen LogP contribution in [0, 0.1) is 25.7 Å². The fourth-order valence-electron chi connectivity index (χ4n) is 3.05. The second kappa shape index (κ2) is 11.1. The Hall–Kier alpha value is -1.56. The quantitative estimate of drug-likeness (QED) is 0.501. The summed E-state index contributed by atoms with van der Waals surface area (Å²) in [6.45, 7) is 15.6. The van der Waals surface area contributed by atoms with Crippen LogP contribution in [-0.4, -0.2) is 0 Å². The molecule has 0 unspecified atom stereocenters. The van der Waals surface area contributed by atoms with Crippen LogP contribution >= 0.6 is 0 Å². The predicted octanol–water partition coefficient (Wildman–Crippen LogP) is 7.92. The van der Waals surface area contributed by atoms with Crippen molar-refractivity contribution in [2.24, 2.45) is 11.8 Å². The van der Waals surface area contributed by atoms with E-state index >= 15 is 0 Å². The van der Waals surface area contributed by atoms with Gasteiger partial charge in [-0.1, -0.05) is 102 Å². The lowest BCUT2D eigenvalue weighted by Gasteiger charge is -2.21. The zero-order chi connectivity index (χ0) is 18.8. The highest BCUT2D eigenvalue weighted by Crippen LogP contribution is 2.32. The van der Waals surface area contributed by atoms with Crippen LogP contribution in [-0.2, 0) is 0 Å². The molecule has 0 nitrogen and oxygen atoms in total. The Bertz CT molecular complexity index is 590. The summed E-state index contributed by atoms with van der Waals surface area (Å²) in [5.74, 6) is 2.16. The molecule has 0 N–H and O–H groups in total. The molecule has 2 rings (SSSR count). The molecule has 2 aromatic carbocycles. The summed E-state index contributed by atoms with van der Waals surface area (Å²) in [5, 5.41) is 0. The van der Waals surface area contributed by atoms with Gasteiger partial charge in [-0.25, -0.2) is 0 Å². The number of benzene rings is 2. The van der Waals surface area contributed by atoms with Crippen LogP contribution in [0.4, 0.5) is 0 Å². The van der Waals surface area contributed by atoms with Gasteiger partial charge >= 0.3 is 0 Å². The maximum atomic E-state index is 2.38. The standard InChI is InChI=1S/C21H28.C4H10/c1-16(2)9-8-12-20(19-10-6-5-7-11-19)21-15-17(3)13-14-18(21)4;1-4(2)3/h5-7,10-11,13-16,20H,8-9,12H2,1-4H3;4H,1-3H3/t20-;/m1./s1. The maximum absolute atomic E-state index is 2.38. The Morgan fingerprint density at radius 1 is 0.760 bits per heavy atom. The summed E-state index contributed by atoms with van der Waals surface area (Å²) in [5.41, 5.74) is 5.74. The van der Waals surface area contributed by atoms with Crippen molar-refractivity contribution in [3.63, 3.8) is 0 Å². The van der Waals surface area contributed by atoms with Gasteiger partial charge in [-0.05, 0) is 48.8 Å². The highest BCUT2D eigenvalue weighted by molar-refractivity contribution is 5.39. The minimum atomic E-state index is 0.532. The van der Waals surface area contributed by atoms with Crippen molar-refractivity contribution in [1.82, 2.24) is 0 Å². The van der Waals surface area contributed by atoms with Crippen molar-refractivity contribution >= 4 is 0 Å². The summed E-state index contributed by atoms with van der Waals surface area (Å²) in [7, 11) is 0. The van der Waals surface area contributed by atoms with E-state index in [4.69, 9.17) is 0 Å². The first-order valence-electron chi connectivity index (χ1n) is 9.93. The van der Waals surface area contributed by atoms with Crippen LogP contribution < -0.4 is 0 Å². The van der Waals surface area contributed by atoms with E-state index < -0.39 is 0 Å². The summed E-state index contributed by atoms with van der Waals surface area (Å²) in [6.07, 6.45) is 3.85. The third-order valence-corrected chi connectivity index (χ3v) is 4.29. The van der Waals surface area contributed by atoms with Crippen LogP contribution in [0.5, 0.6) is 0 Å². The van der Waals surface area contributed by atoms with E-state index in [0.717, 1.165) is 11.8 Å². The largest absolute Gasteiger partial charge is 0.0630 e. The molecular weight excluding hydrogens is 300 g/mol. The van der Waals surface area contributed by atoms with Gasteiger partial charge in [0.05, 0.1) is 0 Å². The number of hydrogen-bond donors (Lipinski definition) is 0. The number of rotatable bonds is 6. The van der Waals surface area contributed by atoms with E-state index in [1.807, 2.05) is 0 Å². The van der Waals surface area contributed by atoms with Crippen LogP contribution in [0.15, 0.2) is 48.5 Å². The van der Waals surface area contributed by atoms with E-state index in [2.05, 4.69) is 97.0 Å². The first kappa shape index (κ1) is 21.5. The molecular formula is C25H38. The monoisotopic (exact) mass is 338 g/mol. The average Bonchev–Trinajstić information content (AvgIpc) is 2.54. The lowest BCUT2D eigenvalue weighted by Crippen LogP contribution is -2.05. The molecule has 0 aliphatic heterocycles. The summed E-state index contributed by atoms with van der Waals surface area (Å²) in [4.78, 5) is 0. The van der Waals surface area contributed by atoms with Gasteiger partial charge in [-0.3, -0.25) is 0 Å². The Balaban J connectivity index is 0.000000705. The van der Waals surface area contributed by atoms with Gasteiger partial charge < -0.3 is 0 Å². The summed E-state index contributed by atoms with van der Waals surface area (Å²) < 4.78 is 0. The third-order valence-electron chi connectivity index (χ3n) is 4.29. The summed E-state index contributed by atoms with van der Waals surface area (Å²) >= 11 is 0. The lowest BCUT2D eigenvalue weighted by molar-refractivity contribution is 0.520. The van der Waals surface area contributed by atoms with Crippen molar-refractivity contribution in [2.75, 3.05) is 0 Å². The molecule has 0 radical (unpaired) electrons. The molecule has 0 aliphatic carbocycles. The van der Waals surface area contributed by atoms with E-state index in [1.165, 1.54) is 41.5 Å². The third kappa shape index (κ3) is 8.38. The first-order chi connectivity index (χ1) is 11.8. The topological polar surface area (TPSA) is 0 Å². The molecule has 0 saturated carbocycles. The molecule has 0 amide bonds. The second-order valence-corrected chi connectivity index (χ2v) is 8.38. The Morgan fingerprint density at radius 2 is 1.36 bits per heavy atom. The smallest absolute Gasteiger partial charge is 0.00920 e. The highest BCUT2D eigenvalue weighted by Gasteiger charge is 2.16. The molecule has 0 saturated heterocycles. The molecule has 0 aliphatic rings. The van der Waals surface area contributed by atoms with Crippen molar-refractivity contribution in [1.29, 1.82) is 0 Å². The van der Waals surface area contributed by atoms with E-state index in [-0.39, 0.29) is 0 Å². The normalized spacial score (nSPS) is 12.0. The van der Waals surface area contributed by atoms with Gasteiger partial charge in [0.1, 0.15) is 0 Å². The van der Waals surface area contributed by atoms with E-state index in [9.17, 15) is 0 Å². The molecule has 0 spiro atoms. The number of aryl methyl sites for hydroxylation is 2. The minimum Gasteiger partial charge on any atom is -0.0630 e. The van der Waals surface area contributed by atoms with Crippen molar-refractivity contribution in [3.8, 4) is 0 Å². The van der Waals surface area contributed by atoms with Gasteiger partial charge in [0.2, 0.25) is 0 Å². The molecule has 0 bridgehead atoms. The van der Waals surface area contributed by atoms with Gasteiger partial charge in [0, 0.05) is 5.92 Å². The molecule has 0 heterocycles. The fraction of sp³-hybridized carbons (Fsp3) is 0.520. The zero-order valence-corrected chi connectivity index (χ0v) is 17.5. The zero-order valence-electron chi connectivity index (χ0n) is 17.5. The van der Waals surface area contributed by atoms with Crippen LogP contribution in [0.25, 0.3) is 0 Å². The minimum absolute atomic E-state index is 0.532. The Labute approximate surface area is 156 Å². The molecule has 0 heteroatoms. The van der Waals surface area contributed by atoms with Crippen molar-refractivity contribution in [2.45, 2.75) is 73.6 Å². The predicted molar refractivity (Wildman–Crippen MR) is 113 cm³/mol. The van der Waals surface area contributed by atoms with Crippen LogP contribution in [0.2, 0.25) is 0 Å². The van der Waals surface area contributed by atoms with E-state index in [1.54, 1.807) is 0 Å². The molecule has 2 aromatic rings. The first-order valence-corrected chi connectivity index (χ1v) is 9.93. The van der Waals surface area contributed by atoms with Crippen LogP contribution in [0.1, 0.15) is 82.1 Å². The fourth-order valence-corrected chi connectivity index (χ4v) is 3.05. The molecule has 25 heavy (non-hydrogen) atoms. The molecule has 1 atom stereocenters. The van der Waals surface area contributed by atoms with Gasteiger partial charge in [0.25, 0.3) is 0 Å². The van der Waals surface area contributed by atoms with Gasteiger partial charge in [-0.15, -0.1) is 0 Å². The molecule has 0 aromatic heterocycles. The lowest BCUT2D eigenvalue weighted by atomic mass is 9.83. The van der Waals surface area contributed by atoms with E-state index in [0.29, 0.717) is 5.92 Å².